The minimum absolute atomic E-state index is 0.991. The highest BCUT2D eigenvalue weighted by molar-refractivity contribution is 6.14. The van der Waals surface area contributed by atoms with Crippen LogP contribution in [-0.4, -0.2) is 4.98 Å². The molecule has 0 radical (unpaired) electrons. The standard InChI is InChI=1S/C42H31N/c1-3-4-9-28-14-15-29-21-23-41(43-42(29)27(28)2)34-19-18-30-24-31(16-17-32(30)25-34)33-20-22-39-37-12-6-5-10-35(37)36-11-7-8-13-38(36)40(39)26-33/h3-4,6-9,11-26H,1,5,10H2,2H3/b9-4-. The van der Waals surface area contributed by atoms with E-state index in [1.165, 1.54) is 65.7 Å². The molecule has 6 aromatic carbocycles. The van der Waals surface area contributed by atoms with Crippen molar-refractivity contribution in [2.75, 3.05) is 0 Å². The van der Waals surface area contributed by atoms with Crippen molar-refractivity contribution < 1.29 is 0 Å². The molecular weight excluding hydrogens is 518 g/mol. The van der Waals surface area contributed by atoms with Crippen LogP contribution in [0.2, 0.25) is 0 Å². The Kier molecular flexibility index (Phi) is 6.05. The third-order valence-electron chi connectivity index (χ3n) is 9.06. The van der Waals surface area contributed by atoms with Crippen LogP contribution in [0.3, 0.4) is 0 Å². The molecule has 0 bridgehead atoms. The Labute approximate surface area is 252 Å². The summed E-state index contributed by atoms with van der Waals surface area (Å²) < 4.78 is 0. The highest BCUT2D eigenvalue weighted by Crippen LogP contribution is 2.39. The number of hydrogen-bond acceptors (Lipinski definition) is 1. The Morgan fingerprint density at radius 3 is 2.26 bits per heavy atom. The van der Waals surface area contributed by atoms with Crippen LogP contribution in [0.25, 0.3) is 77.8 Å². The van der Waals surface area contributed by atoms with Crippen molar-refractivity contribution in [2.24, 2.45) is 0 Å². The average molecular weight is 550 g/mol. The molecule has 0 saturated heterocycles. The van der Waals surface area contributed by atoms with E-state index in [1.54, 1.807) is 6.08 Å². The van der Waals surface area contributed by atoms with Crippen LogP contribution >= 0.6 is 0 Å². The summed E-state index contributed by atoms with van der Waals surface area (Å²) in [5.74, 6) is 0. The van der Waals surface area contributed by atoms with E-state index in [0.717, 1.165) is 35.0 Å². The van der Waals surface area contributed by atoms with Gasteiger partial charge in [0.05, 0.1) is 11.2 Å². The normalized spacial score (nSPS) is 13.0. The Morgan fingerprint density at radius 2 is 1.40 bits per heavy atom. The van der Waals surface area contributed by atoms with E-state index in [-0.39, 0.29) is 0 Å². The first-order valence-corrected chi connectivity index (χ1v) is 15.1. The first-order chi connectivity index (χ1) is 21.2. The quantitative estimate of drug-likeness (QED) is 0.157. The largest absolute Gasteiger partial charge is 0.247 e. The van der Waals surface area contributed by atoms with Crippen LogP contribution in [-0.2, 0) is 6.42 Å². The van der Waals surface area contributed by atoms with Gasteiger partial charge in [-0.3, -0.25) is 0 Å². The molecule has 0 N–H and O–H groups in total. The van der Waals surface area contributed by atoms with Crippen LogP contribution < -0.4 is 0 Å². The zero-order valence-electron chi connectivity index (χ0n) is 24.3. The van der Waals surface area contributed by atoms with E-state index in [9.17, 15) is 0 Å². The van der Waals surface area contributed by atoms with Crippen LogP contribution in [0.4, 0.5) is 0 Å². The fraction of sp³-hybridized carbons (Fsp3) is 0.0714. The van der Waals surface area contributed by atoms with Crippen molar-refractivity contribution in [1.29, 1.82) is 0 Å². The summed E-state index contributed by atoms with van der Waals surface area (Å²) in [5.41, 5.74) is 10.9. The van der Waals surface area contributed by atoms with Gasteiger partial charge >= 0.3 is 0 Å². The molecule has 1 aromatic heterocycles. The lowest BCUT2D eigenvalue weighted by molar-refractivity contribution is 1.00. The molecule has 0 unspecified atom stereocenters. The predicted octanol–water partition coefficient (Wildman–Crippen LogP) is 11.5. The number of pyridine rings is 1. The topological polar surface area (TPSA) is 12.9 Å². The molecule has 0 atom stereocenters. The molecule has 0 amide bonds. The highest BCUT2D eigenvalue weighted by Gasteiger charge is 2.15. The van der Waals surface area contributed by atoms with Gasteiger partial charge in [0.2, 0.25) is 0 Å². The third kappa shape index (κ3) is 4.28. The maximum absolute atomic E-state index is 5.11. The summed E-state index contributed by atoms with van der Waals surface area (Å²) in [6, 6.07) is 38.0. The molecule has 1 heteroatoms. The molecule has 1 aliphatic carbocycles. The van der Waals surface area contributed by atoms with Gasteiger partial charge in [-0.05, 0) is 110 Å². The lowest BCUT2D eigenvalue weighted by Gasteiger charge is -2.18. The van der Waals surface area contributed by atoms with Crippen LogP contribution in [0.1, 0.15) is 28.7 Å². The summed E-state index contributed by atoms with van der Waals surface area (Å²) in [6.45, 7) is 5.94. The second-order valence-electron chi connectivity index (χ2n) is 11.6. The highest BCUT2D eigenvalue weighted by atomic mass is 14.7. The summed E-state index contributed by atoms with van der Waals surface area (Å²) in [7, 11) is 0. The Hall–Kier alpha value is -5.27. The minimum atomic E-state index is 0.991. The number of hydrogen-bond donors (Lipinski definition) is 0. The second-order valence-corrected chi connectivity index (χ2v) is 11.6. The van der Waals surface area contributed by atoms with Crippen LogP contribution in [0.15, 0.2) is 128 Å². The van der Waals surface area contributed by atoms with Crippen molar-refractivity contribution in [2.45, 2.75) is 19.8 Å². The van der Waals surface area contributed by atoms with Crippen molar-refractivity contribution in [1.82, 2.24) is 4.98 Å². The van der Waals surface area contributed by atoms with Crippen molar-refractivity contribution in [3.8, 4) is 22.4 Å². The van der Waals surface area contributed by atoms with Gasteiger partial charge < -0.3 is 0 Å². The zero-order valence-corrected chi connectivity index (χ0v) is 24.3. The van der Waals surface area contributed by atoms with Crippen molar-refractivity contribution in [3.63, 3.8) is 0 Å². The molecule has 8 rings (SSSR count). The SMILES string of the molecule is C=C/C=C\c1ccc2ccc(-c3ccc4cc(-c5ccc6c7c(c8ccccc8c6c5)CCC=C7)ccc4c3)nc2c1C. The summed E-state index contributed by atoms with van der Waals surface area (Å²) in [6.07, 6.45) is 12.7. The molecule has 0 aliphatic heterocycles. The van der Waals surface area contributed by atoms with E-state index in [2.05, 4.69) is 135 Å². The maximum Gasteiger partial charge on any atom is 0.0744 e. The number of benzene rings is 6. The zero-order chi connectivity index (χ0) is 28.9. The van der Waals surface area contributed by atoms with Crippen molar-refractivity contribution in [3.05, 3.63) is 150 Å². The lowest BCUT2D eigenvalue weighted by atomic mass is 9.86. The van der Waals surface area contributed by atoms with Gasteiger partial charge in [-0.2, -0.15) is 0 Å². The van der Waals surface area contributed by atoms with E-state index in [4.69, 9.17) is 4.98 Å². The van der Waals surface area contributed by atoms with Gasteiger partial charge in [0.1, 0.15) is 0 Å². The smallest absolute Gasteiger partial charge is 0.0744 e. The first-order valence-electron chi connectivity index (χ1n) is 15.1. The van der Waals surface area contributed by atoms with Gasteiger partial charge in [-0.15, -0.1) is 0 Å². The summed E-state index contributed by atoms with van der Waals surface area (Å²) in [5, 5.41) is 9.01. The van der Waals surface area contributed by atoms with Gasteiger partial charge in [0, 0.05) is 10.9 Å². The van der Waals surface area contributed by atoms with Gasteiger partial charge in [-0.1, -0.05) is 116 Å². The van der Waals surface area contributed by atoms with E-state index in [1.807, 2.05) is 6.08 Å². The Balaban J connectivity index is 1.20. The molecular formula is C42H31N. The van der Waals surface area contributed by atoms with Gasteiger partial charge in [-0.25, -0.2) is 4.98 Å². The third-order valence-corrected chi connectivity index (χ3v) is 9.06. The van der Waals surface area contributed by atoms with Gasteiger partial charge in [0.15, 0.2) is 0 Å². The summed E-state index contributed by atoms with van der Waals surface area (Å²) in [4.78, 5) is 5.11. The molecule has 204 valence electrons. The number of aromatic nitrogens is 1. The number of rotatable bonds is 4. The molecule has 1 aliphatic rings. The number of nitrogens with zero attached hydrogens (tertiary/aromatic N) is 1. The molecule has 0 saturated carbocycles. The molecule has 0 fully saturated rings. The van der Waals surface area contributed by atoms with E-state index in [0.29, 0.717) is 0 Å². The fourth-order valence-corrected chi connectivity index (χ4v) is 6.80. The Morgan fingerprint density at radius 1 is 0.674 bits per heavy atom. The monoisotopic (exact) mass is 549 g/mol. The number of aryl methyl sites for hydroxylation is 2. The molecule has 0 spiro atoms. The Bertz CT molecular complexity index is 2320. The molecule has 1 nitrogen and oxygen atoms in total. The average Bonchev–Trinajstić information content (AvgIpc) is 3.07. The van der Waals surface area contributed by atoms with E-state index < -0.39 is 0 Å². The van der Waals surface area contributed by atoms with Crippen LogP contribution in [0.5, 0.6) is 0 Å². The minimum Gasteiger partial charge on any atom is -0.247 e. The molecule has 43 heavy (non-hydrogen) atoms. The number of allylic oxidation sites excluding steroid dienone is 3. The maximum atomic E-state index is 5.11. The van der Waals surface area contributed by atoms with Crippen LogP contribution in [0, 0.1) is 6.92 Å². The number of fused-ring (bicyclic) bond motifs is 8. The summed E-state index contributed by atoms with van der Waals surface area (Å²) >= 11 is 0. The lowest BCUT2D eigenvalue weighted by Crippen LogP contribution is -1.97. The van der Waals surface area contributed by atoms with Crippen molar-refractivity contribution >= 4 is 55.4 Å². The first kappa shape index (κ1) is 25.4. The second kappa shape index (κ2) is 10.2. The fourth-order valence-electron chi connectivity index (χ4n) is 6.80. The molecule has 1 heterocycles. The predicted molar refractivity (Wildman–Crippen MR) is 186 cm³/mol. The van der Waals surface area contributed by atoms with E-state index >= 15 is 0 Å². The molecule has 7 aromatic rings. The van der Waals surface area contributed by atoms with Gasteiger partial charge in [0.25, 0.3) is 0 Å².